The van der Waals surface area contributed by atoms with Crippen molar-refractivity contribution < 1.29 is 168 Å². The van der Waals surface area contributed by atoms with Gasteiger partial charge in [-0.3, -0.25) is 28.6 Å². The van der Waals surface area contributed by atoms with E-state index in [-0.39, 0.29) is 201 Å². The van der Waals surface area contributed by atoms with Gasteiger partial charge >= 0.3 is 0 Å². The molecule has 0 aliphatic heterocycles. The number of halogens is 1. The predicted octanol–water partition coefficient (Wildman–Crippen LogP) is 3.48. The summed E-state index contributed by atoms with van der Waals surface area (Å²) in [4.78, 5) is 58.9. The van der Waals surface area contributed by atoms with Gasteiger partial charge in [0.1, 0.15) is 11.6 Å². The number of carbonyl (C=O) groups excluding carboxylic acids is 6. The standard InChI is InChI=1S/C6H13O2.2C6H9O2.C3H2O2.C3H8.HI.3W.2Y/c3*1-3-6(8)4-5(2)7;4-2-1-3-5;1-3-2;;;;;;/h5-8H,2-4H2,1H3;2*2-4H2,1H3;1H2;3H2,1-2H3;1H;;;;;/q3*-1;-2;;;;;;;. The second-order valence-electron chi connectivity index (χ2n) is 6.34. The Hall–Kier alpha value is 2.68. The fourth-order valence-corrected chi connectivity index (χ4v) is 1.20. The molecule has 0 aromatic heterocycles. The summed E-state index contributed by atoms with van der Waals surface area (Å²) in [6, 6.07) is 0. The van der Waals surface area contributed by atoms with Crippen LogP contribution >= 0.6 is 24.0 Å². The fraction of sp³-hybridized carbons (Fsp3) is 0.625. The maximum atomic E-state index is 10.4. The zero-order chi connectivity index (χ0) is 26.5. The Labute approximate surface area is 341 Å². The molecular formula is C24H42IO8W3Y2-5. The second kappa shape index (κ2) is 63.1. The van der Waals surface area contributed by atoms with Crippen molar-refractivity contribution in [1.82, 2.24) is 0 Å². The Balaban J connectivity index is -0.0000000264. The van der Waals surface area contributed by atoms with Crippen molar-refractivity contribution >= 4 is 59.7 Å². The van der Waals surface area contributed by atoms with Crippen LogP contribution in [0.25, 0.3) is 0 Å². The molecule has 0 spiro atoms. The molecular weight excluding hydrogens is 1270 g/mol. The molecule has 0 aliphatic carbocycles. The molecule has 0 aromatic carbocycles. The number of rotatable bonds is 11. The number of hydrogen-bond donors (Lipinski definition) is 2. The van der Waals surface area contributed by atoms with Gasteiger partial charge in [-0.2, -0.15) is 0 Å². The van der Waals surface area contributed by atoms with Crippen LogP contribution in [0.5, 0.6) is 0 Å². The minimum Gasteiger partial charge on any atom is -0.544 e. The number of aliphatic hydroxyl groups is 2. The van der Waals surface area contributed by atoms with Crippen LogP contribution in [0.3, 0.4) is 0 Å². The van der Waals surface area contributed by atoms with Crippen LogP contribution in [0, 0.1) is 20.8 Å². The summed E-state index contributed by atoms with van der Waals surface area (Å²) < 4.78 is 0. The molecule has 8 nitrogen and oxygen atoms in total. The minimum absolute atomic E-state index is 0. The quantitative estimate of drug-likeness (QED) is 0.182. The van der Waals surface area contributed by atoms with Crippen LogP contribution in [0.2, 0.25) is 0 Å². The van der Waals surface area contributed by atoms with E-state index in [4.69, 9.17) is 19.8 Å². The van der Waals surface area contributed by atoms with Gasteiger partial charge in [-0.05, 0) is 12.8 Å². The van der Waals surface area contributed by atoms with Gasteiger partial charge in [-0.25, -0.2) is 0 Å². The first-order valence-corrected chi connectivity index (χ1v) is 10.4. The van der Waals surface area contributed by atoms with Crippen molar-refractivity contribution in [3.8, 4) is 0 Å². The molecule has 2 unspecified atom stereocenters. The Morgan fingerprint density at radius 1 is 0.737 bits per heavy atom. The molecule has 0 bridgehead atoms. The van der Waals surface area contributed by atoms with Crippen LogP contribution < -0.4 is 0 Å². The van der Waals surface area contributed by atoms with E-state index < -0.39 is 6.10 Å². The van der Waals surface area contributed by atoms with Crippen molar-refractivity contribution in [3.63, 3.8) is 0 Å². The zero-order valence-electron chi connectivity index (χ0n) is 23.1. The molecule has 0 heterocycles. The van der Waals surface area contributed by atoms with E-state index in [1.807, 2.05) is 6.92 Å². The van der Waals surface area contributed by atoms with Gasteiger partial charge in [-0.15, -0.1) is 24.0 Å². The maximum Gasteiger partial charge on any atom is 0.137 e. The van der Waals surface area contributed by atoms with Gasteiger partial charge in [0.25, 0.3) is 0 Å². The van der Waals surface area contributed by atoms with Crippen LogP contribution in [0.1, 0.15) is 86.0 Å². The first-order chi connectivity index (χ1) is 14.8. The Kier molecular flexibility index (Phi) is 121. The molecule has 0 aromatic rings. The number of carbonyl (C=O) groups is 4. The summed E-state index contributed by atoms with van der Waals surface area (Å²) in [5.74, 6) is -0.663. The molecule has 38 heavy (non-hydrogen) atoms. The summed E-state index contributed by atoms with van der Waals surface area (Å²) in [6.45, 7) is 19.0. The van der Waals surface area contributed by atoms with Crippen LogP contribution in [-0.2, 0) is 157 Å². The Morgan fingerprint density at radius 3 is 1.05 bits per heavy atom. The van der Waals surface area contributed by atoms with E-state index in [2.05, 4.69) is 34.6 Å². The van der Waals surface area contributed by atoms with Crippen molar-refractivity contribution in [2.45, 2.75) is 98.2 Å². The average molecular weight is 1310 g/mol. The van der Waals surface area contributed by atoms with Gasteiger partial charge in [0.2, 0.25) is 0 Å². The van der Waals surface area contributed by atoms with E-state index in [0.29, 0.717) is 25.7 Å². The normalized spacial score (nSPS) is 8.74. The molecule has 0 saturated heterocycles. The molecule has 0 rings (SSSR count). The zero-order valence-corrected chi connectivity index (χ0v) is 39.9. The van der Waals surface area contributed by atoms with Crippen LogP contribution in [0.4, 0.5) is 0 Å². The van der Waals surface area contributed by atoms with Crippen molar-refractivity contribution in [3.05, 3.63) is 20.8 Å². The molecule has 222 valence electrons. The third-order valence-electron chi connectivity index (χ3n) is 2.74. The SMILES string of the molecule is CCC.I.O=[C-]C[C-]=O.[CH2-]C(=O)CC(=O)CC.[CH2-]C(=O)CC(=O)CC.[CH2-]C(O)CC(O)CC.[W].[W].[W].[Y].[Y]. The van der Waals surface area contributed by atoms with E-state index in [1.165, 1.54) is 19.0 Å². The molecule has 2 radical (unpaired) electrons. The van der Waals surface area contributed by atoms with Gasteiger partial charge < -0.3 is 50.2 Å². The predicted molar refractivity (Wildman–Crippen MR) is 140 cm³/mol. The Bertz CT molecular complexity index is 483. The maximum absolute atomic E-state index is 10.4. The monoisotopic (exact) mass is 1310 g/mol. The number of aliphatic hydroxyl groups excluding tert-OH is 2. The molecule has 2 atom stereocenters. The summed E-state index contributed by atoms with van der Waals surface area (Å²) >= 11 is 0. The summed E-state index contributed by atoms with van der Waals surface area (Å²) in [5, 5.41) is 17.4. The molecule has 14 heteroatoms. The number of Topliss-reactive ketones (excluding diaryl/α,β-unsaturated/α-hetero) is 4. The Morgan fingerprint density at radius 2 is 1.00 bits per heavy atom. The van der Waals surface area contributed by atoms with Crippen LogP contribution in [-0.4, -0.2) is 58.1 Å². The van der Waals surface area contributed by atoms with E-state index >= 15 is 0 Å². The third kappa shape index (κ3) is 107. The average Bonchev–Trinajstić information content (AvgIpc) is 2.69. The smallest absolute Gasteiger partial charge is 0.137 e. The topological polar surface area (TPSA) is 143 Å². The third-order valence-corrected chi connectivity index (χ3v) is 2.74. The number of hydrogen-bond acceptors (Lipinski definition) is 8. The van der Waals surface area contributed by atoms with Gasteiger partial charge in [0, 0.05) is 166 Å². The van der Waals surface area contributed by atoms with Crippen molar-refractivity contribution in [1.29, 1.82) is 0 Å². The molecule has 0 aliphatic rings. The first-order valence-electron chi connectivity index (χ1n) is 10.4. The fourth-order valence-electron chi connectivity index (χ4n) is 1.20. The van der Waals surface area contributed by atoms with E-state index in [1.54, 1.807) is 13.8 Å². The molecule has 0 amide bonds. The summed E-state index contributed by atoms with van der Waals surface area (Å²) in [7, 11) is 0. The van der Waals surface area contributed by atoms with Crippen LogP contribution in [0.15, 0.2) is 0 Å². The molecule has 2 N–H and O–H groups in total. The largest absolute Gasteiger partial charge is 0.544 e. The van der Waals surface area contributed by atoms with Gasteiger partial charge in [-0.1, -0.05) is 47.1 Å². The summed E-state index contributed by atoms with van der Waals surface area (Å²) in [5.41, 5.74) is 0. The van der Waals surface area contributed by atoms with Gasteiger partial charge in [0.15, 0.2) is 0 Å². The van der Waals surface area contributed by atoms with E-state index in [0.717, 1.165) is 0 Å². The van der Waals surface area contributed by atoms with Gasteiger partial charge in [0.05, 0.1) is 6.10 Å². The summed E-state index contributed by atoms with van der Waals surface area (Å²) in [6.07, 6.45) is 4.64. The van der Waals surface area contributed by atoms with E-state index in [9.17, 15) is 19.2 Å². The molecule has 0 fully saturated rings. The minimum atomic E-state index is -0.620. The van der Waals surface area contributed by atoms with Crippen molar-refractivity contribution in [2.24, 2.45) is 0 Å². The van der Waals surface area contributed by atoms with Crippen molar-refractivity contribution in [2.75, 3.05) is 0 Å². The first kappa shape index (κ1) is 72.7. The second-order valence-corrected chi connectivity index (χ2v) is 6.34. The number of ketones is 4. The molecule has 0 saturated carbocycles.